The highest BCUT2D eigenvalue weighted by atomic mass is 16.5. The second-order valence-electron chi connectivity index (χ2n) is 5.92. The Balaban J connectivity index is 1.61. The maximum Gasteiger partial charge on any atom is 0.310 e. The van der Waals surface area contributed by atoms with E-state index in [1.54, 1.807) is 6.20 Å². The average Bonchev–Trinajstić information content (AvgIpc) is 2.93. The Kier molecular flexibility index (Phi) is 3.98. The van der Waals surface area contributed by atoms with E-state index in [2.05, 4.69) is 22.8 Å². The van der Waals surface area contributed by atoms with Crippen molar-refractivity contribution in [1.29, 1.82) is 0 Å². The van der Waals surface area contributed by atoms with Crippen molar-refractivity contribution in [3.05, 3.63) is 30.1 Å². The van der Waals surface area contributed by atoms with Gasteiger partial charge < -0.3 is 4.74 Å². The number of nitrogens with zero attached hydrogens (tertiary/aromatic N) is 1. The fourth-order valence-electron chi connectivity index (χ4n) is 3.38. The van der Waals surface area contributed by atoms with Gasteiger partial charge in [-0.05, 0) is 36.8 Å². The molecule has 2 aliphatic rings. The van der Waals surface area contributed by atoms with Gasteiger partial charge in [0.15, 0.2) is 0 Å². The van der Waals surface area contributed by atoms with Crippen LogP contribution in [-0.4, -0.2) is 23.5 Å². The van der Waals surface area contributed by atoms with Crippen LogP contribution in [0.5, 0.6) is 0 Å². The molecule has 1 saturated heterocycles. The van der Waals surface area contributed by atoms with E-state index in [1.165, 1.54) is 6.42 Å². The summed E-state index contributed by atoms with van der Waals surface area (Å²) in [6, 6.07) is 5.83. The topological polar surface area (TPSA) is 63.2 Å². The molecule has 1 saturated carbocycles. The highest BCUT2D eigenvalue weighted by Crippen LogP contribution is 2.35. The first-order valence-electron chi connectivity index (χ1n) is 7.29. The molecule has 1 aromatic heterocycles. The Morgan fingerprint density at radius 3 is 3.15 bits per heavy atom. The minimum absolute atomic E-state index is 0.0533. The van der Waals surface area contributed by atoms with Crippen LogP contribution < -0.4 is 10.9 Å². The third-order valence-corrected chi connectivity index (χ3v) is 4.33. The highest BCUT2D eigenvalue weighted by molar-refractivity contribution is 5.73. The van der Waals surface area contributed by atoms with Gasteiger partial charge in [-0.1, -0.05) is 13.0 Å². The molecule has 0 radical (unpaired) electrons. The Bertz CT molecular complexity index is 465. The first-order chi connectivity index (χ1) is 9.74. The van der Waals surface area contributed by atoms with Gasteiger partial charge in [-0.2, -0.15) is 0 Å². The van der Waals surface area contributed by atoms with Crippen LogP contribution in [0.4, 0.5) is 0 Å². The normalized spacial score (nSPS) is 32.6. The van der Waals surface area contributed by atoms with Gasteiger partial charge in [0, 0.05) is 18.8 Å². The number of esters is 1. The fourth-order valence-corrected chi connectivity index (χ4v) is 3.38. The number of aromatic nitrogens is 1. The molecule has 3 rings (SSSR count). The quantitative estimate of drug-likeness (QED) is 0.813. The molecule has 20 heavy (non-hydrogen) atoms. The second kappa shape index (κ2) is 5.89. The molecule has 0 amide bonds. The van der Waals surface area contributed by atoms with Gasteiger partial charge in [-0.25, -0.2) is 0 Å². The summed E-state index contributed by atoms with van der Waals surface area (Å²) in [6.07, 6.45) is 3.79. The number of hydrazine groups is 1. The Morgan fingerprint density at radius 1 is 1.45 bits per heavy atom. The number of pyridine rings is 1. The number of ether oxygens (including phenoxy) is 1. The van der Waals surface area contributed by atoms with Crippen molar-refractivity contribution in [2.45, 2.75) is 32.4 Å². The standard InChI is InChI=1S/C15H21N3O2/c1-10-6-11-8-17-18-14(11)13(7-10)15(19)20-9-12-4-2-3-5-16-12/h2-5,10-11,13-14,17-18H,6-9H2,1H3. The summed E-state index contributed by atoms with van der Waals surface area (Å²) < 4.78 is 5.45. The Morgan fingerprint density at radius 2 is 2.35 bits per heavy atom. The third kappa shape index (κ3) is 2.83. The molecule has 4 atom stereocenters. The van der Waals surface area contributed by atoms with E-state index in [0.717, 1.165) is 18.7 Å². The molecule has 1 aromatic rings. The van der Waals surface area contributed by atoms with Crippen molar-refractivity contribution >= 4 is 5.97 Å². The van der Waals surface area contributed by atoms with E-state index in [4.69, 9.17) is 4.74 Å². The minimum Gasteiger partial charge on any atom is -0.459 e. The second-order valence-corrected chi connectivity index (χ2v) is 5.92. The first kappa shape index (κ1) is 13.5. The molecule has 5 nitrogen and oxygen atoms in total. The molecule has 0 bridgehead atoms. The molecule has 2 fully saturated rings. The van der Waals surface area contributed by atoms with Crippen molar-refractivity contribution in [3.8, 4) is 0 Å². The van der Waals surface area contributed by atoms with E-state index in [0.29, 0.717) is 11.8 Å². The summed E-state index contributed by atoms with van der Waals surface area (Å²) in [5.41, 5.74) is 7.21. The van der Waals surface area contributed by atoms with Crippen molar-refractivity contribution in [1.82, 2.24) is 15.8 Å². The lowest BCUT2D eigenvalue weighted by Crippen LogP contribution is -2.46. The maximum atomic E-state index is 12.3. The molecule has 0 spiro atoms. The van der Waals surface area contributed by atoms with Gasteiger partial charge in [-0.3, -0.25) is 20.6 Å². The van der Waals surface area contributed by atoms with Gasteiger partial charge in [-0.15, -0.1) is 0 Å². The monoisotopic (exact) mass is 275 g/mol. The molecular weight excluding hydrogens is 254 g/mol. The van der Waals surface area contributed by atoms with Gasteiger partial charge in [0.2, 0.25) is 0 Å². The number of rotatable bonds is 3. The number of hydrogen-bond donors (Lipinski definition) is 2. The van der Waals surface area contributed by atoms with Crippen LogP contribution in [-0.2, 0) is 16.1 Å². The highest BCUT2D eigenvalue weighted by Gasteiger charge is 2.43. The summed E-state index contributed by atoms with van der Waals surface area (Å²) in [5.74, 6) is 0.951. The lowest BCUT2D eigenvalue weighted by atomic mass is 9.73. The van der Waals surface area contributed by atoms with Crippen LogP contribution in [0.3, 0.4) is 0 Å². The van der Waals surface area contributed by atoms with Crippen molar-refractivity contribution in [3.63, 3.8) is 0 Å². The molecule has 1 aliphatic heterocycles. The van der Waals surface area contributed by atoms with Gasteiger partial charge in [0.25, 0.3) is 0 Å². The van der Waals surface area contributed by atoms with Crippen LogP contribution in [0.2, 0.25) is 0 Å². The van der Waals surface area contributed by atoms with Crippen molar-refractivity contribution in [2.75, 3.05) is 6.54 Å². The molecular formula is C15H21N3O2. The van der Waals surface area contributed by atoms with Crippen LogP contribution in [0.15, 0.2) is 24.4 Å². The van der Waals surface area contributed by atoms with Gasteiger partial charge in [0.05, 0.1) is 11.6 Å². The van der Waals surface area contributed by atoms with Crippen LogP contribution in [0.25, 0.3) is 0 Å². The Labute approximate surface area is 119 Å². The summed E-state index contributed by atoms with van der Waals surface area (Å²) in [6.45, 7) is 3.42. The van der Waals surface area contributed by atoms with E-state index < -0.39 is 0 Å². The number of hydrogen-bond acceptors (Lipinski definition) is 5. The number of carbonyl (C=O) groups is 1. The lowest BCUT2D eigenvalue weighted by Gasteiger charge is -2.34. The van der Waals surface area contributed by atoms with E-state index in [-0.39, 0.29) is 24.5 Å². The zero-order valence-corrected chi connectivity index (χ0v) is 11.7. The predicted octanol–water partition coefficient (Wildman–Crippen LogP) is 1.26. The average molecular weight is 275 g/mol. The van der Waals surface area contributed by atoms with E-state index in [1.807, 2.05) is 18.2 Å². The summed E-state index contributed by atoms with van der Waals surface area (Å²) in [7, 11) is 0. The van der Waals surface area contributed by atoms with E-state index >= 15 is 0 Å². The molecule has 108 valence electrons. The first-order valence-corrected chi connectivity index (χ1v) is 7.29. The summed E-state index contributed by atoms with van der Waals surface area (Å²) in [5, 5.41) is 0. The van der Waals surface area contributed by atoms with Crippen molar-refractivity contribution in [2.24, 2.45) is 17.8 Å². The Hall–Kier alpha value is -1.46. The predicted molar refractivity (Wildman–Crippen MR) is 74.3 cm³/mol. The number of nitrogens with one attached hydrogen (secondary N) is 2. The van der Waals surface area contributed by atoms with Crippen molar-refractivity contribution < 1.29 is 9.53 Å². The maximum absolute atomic E-state index is 12.3. The fraction of sp³-hybridized carbons (Fsp3) is 0.600. The third-order valence-electron chi connectivity index (χ3n) is 4.33. The zero-order valence-electron chi connectivity index (χ0n) is 11.7. The largest absolute Gasteiger partial charge is 0.459 e. The molecule has 1 aliphatic carbocycles. The summed E-state index contributed by atoms with van der Waals surface area (Å²) >= 11 is 0. The van der Waals surface area contributed by atoms with E-state index in [9.17, 15) is 4.79 Å². The van der Waals surface area contributed by atoms with Gasteiger partial charge >= 0.3 is 5.97 Å². The number of carbonyl (C=O) groups excluding carboxylic acids is 1. The lowest BCUT2D eigenvalue weighted by molar-refractivity contribution is -0.153. The molecule has 2 heterocycles. The smallest absolute Gasteiger partial charge is 0.310 e. The molecule has 0 aromatic carbocycles. The molecule has 5 heteroatoms. The van der Waals surface area contributed by atoms with Crippen LogP contribution in [0, 0.1) is 17.8 Å². The summed E-state index contributed by atoms with van der Waals surface area (Å²) in [4.78, 5) is 16.5. The van der Waals surface area contributed by atoms with Crippen LogP contribution >= 0.6 is 0 Å². The van der Waals surface area contributed by atoms with Crippen LogP contribution in [0.1, 0.15) is 25.5 Å². The SMILES string of the molecule is CC1CC2CNNC2C(C(=O)OCc2ccccn2)C1. The molecule has 4 unspecified atom stereocenters. The van der Waals surface area contributed by atoms with Gasteiger partial charge in [0.1, 0.15) is 6.61 Å². The number of fused-ring (bicyclic) bond motifs is 1. The zero-order chi connectivity index (χ0) is 13.9. The molecule has 2 N–H and O–H groups in total. The minimum atomic E-state index is -0.103.